The number of aliphatic hydroxyl groups excluding tert-OH is 1. The van der Waals surface area contributed by atoms with Crippen molar-refractivity contribution in [3.05, 3.63) is 59.2 Å². The van der Waals surface area contributed by atoms with Crippen molar-refractivity contribution >= 4 is 17.7 Å². The number of hydrogen-bond acceptors (Lipinski definition) is 8. The quantitative estimate of drug-likeness (QED) is 0.410. The van der Waals surface area contributed by atoms with Crippen LogP contribution in [0.15, 0.2) is 47.6 Å². The smallest absolute Gasteiger partial charge is 0.338 e. The maximum atomic E-state index is 11.7. The lowest BCUT2D eigenvalue weighted by molar-refractivity contribution is 0.0526. The summed E-state index contributed by atoms with van der Waals surface area (Å²) >= 11 is 1.35. The van der Waals surface area contributed by atoms with Gasteiger partial charge in [-0.05, 0) is 67.1 Å². The van der Waals surface area contributed by atoms with Crippen molar-refractivity contribution in [1.82, 2.24) is 20.2 Å². The van der Waals surface area contributed by atoms with Gasteiger partial charge < -0.3 is 14.6 Å². The van der Waals surface area contributed by atoms with Gasteiger partial charge in [-0.3, -0.25) is 0 Å². The van der Waals surface area contributed by atoms with E-state index in [0.29, 0.717) is 28.8 Å². The molecule has 0 aliphatic carbocycles. The Labute approximate surface area is 179 Å². The summed E-state index contributed by atoms with van der Waals surface area (Å²) in [5.74, 6) is 0.556. The molecular weight excluding hydrogens is 404 g/mol. The topological polar surface area (TPSA) is 99.4 Å². The van der Waals surface area contributed by atoms with Crippen molar-refractivity contribution in [3.8, 4) is 11.4 Å². The molecule has 158 valence electrons. The molecule has 1 atom stereocenters. The van der Waals surface area contributed by atoms with Gasteiger partial charge in [0.1, 0.15) is 12.4 Å². The van der Waals surface area contributed by atoms with Crippen LogP contribution >= 0.6 is 11.8 Å². The van der Waals surface area contributed by atoms with Crippen LogP contribution in [0.1, 0.15) is 28.4 Å². The van der Waals surface area contributed by atoms with Crippen LogP contribution in [0.3, 0.4) is 0 Å². The van der Waals surface area contributed by atoms with E-state index in [4.69, 9.17) is 9.47 Å². The summed E-state index contributed by atoms with van der Waals surface area (Å²) in [6, 6.07) is 12.7. The molecule has 1 unspecified atom stereocenters. The first-order valence-corrected chi connectivity index (χ1v) is 10.5. The molecule has 3 aromatic rings. The Balaban J connectivity index is 1.53. The van der Waals surface area contributed by atoms with E-state index in [2.05, 4.69) is 21.6 Å². The molecule has 2 aromatic carbocycles. The predicted octanol–water partition coefficient (Wildman–Crippen LogP) is 2.99. The lowest BCUT2D eigenvalue weighted by Crippen LogP contribution is -2.20. The molecule has 1 heterocycles. The fraction of sp³-hybridized carbons (Fsp3) is 0.333. The van der Waals surface area contributed by atoms with Gasteiger partial charge in [0.05, 0.1) is 24.0 Å². The third-order valence-electron chi connectivity index (χ3n) is 4.23. The zero-order chi connectivity index (χ0) is 21.5. The van der Waals surface area contributed by atoms with Gasteiger partial charge in [-0.2, -0.15) is 4.68 Å². The van der Waals surface area contributed by atoms with Gasteiger partial charge in [0.15, 0.2) is 0 Å². The number of benzene rings is 2. The number of nitrogens with zero attached hydrogens (tertiary/aromatic N) is 4. The second kappa shape index (κ2) is 10.2. The van der Waals surface area contributed by atoms with Gasteiger partial charge >= 0.3 is 5.97 Å². The summed E-state index contributed by atoms with van der Waals surface area (Å²) in [5.41, 5.74) is 3.60. The average Bonchev–Trinajstić information content (AvgIpc) is 3.19. The molecule has 0 saturated carbocycles. The molecular formula is C21H24N4O4S. The van der Waals surface area contributed by atoms with E-state index < -0.39 is 6.10 Å². The predicted molar refractivity (Wildman–Crippen MR) is 113 cm³/mol. The standard InChI is InChI=1S/C21H24N4O4S/c1-4-28-20(27)16-6-8-18(9-7-16)29-12-17(26)13-30-21-22-23-24-25(21)19-10-5-14(2)11-15(19)3/h5-11,17,26H,4,12-13H2,1-3H3. The number of carbonyl (C=O) groups is 1. The number of carbonyl (C=O) groups excluding carboxylic acids is 1. The van der Waals surface area contributed by atoms with Crippen LogP contribution in [0.2, 0.25) is 0 Å². The SMILES string of the molecule is CCOC(=O)c1ccc(OCC(O)CSc2nnnn2-c2ccc(C)cc2C)cc1. The first-order chi connectivity index (χ1) is 14.5. The zero-order valence-electron chi connectivity index (χ0n) is 17.1. The van der Waals surface area contributed by atoms with E-state index in [1.807, 2.05) is 26.0 Å². The Hall–Kier alpha value is -2.91. The lowest BCUT2D eigenvalue weighted by atomic mass is 10.1. The fourth-order valence-corrected chi connectivity index (χ4v) is 3.57. The van der Waals surface area contributed by atoms with Crippen molar-refractivity contribution in [1.29, 1.82) is 0 Å². The monoisotopic (exact) mass is 428 g/mol. The zero-order valence-corrected chi connectivity index (χ0v) is 17.9. The highest BCUT2D eigenvalue weighted by molar-refractivity contribution is 7.99. The van der Waals surface area contributed by atoms with Gasteiger partial charge in [-0.25, -0.2) is 4.79 Å². The second-order valence-electron chi connectivity index (χ2n) is 6.68. The number of aliphatic hydroxyl groups is 1. The number of aromatic nitrogens is 4. The molecule has 8 nitrogen and oxygen atoms in total. The maximum Gasteiger partial charge on any atom is 0.338 e. The first-order valence-electron chi connectivity index (χ1n) is 9.54. The Kier molecular flexibility index (Phi) is 7.42. The Bertz CT molecular complexity index is 991. The van der Waals surface area contributed by atoms with Crippen molar-refractivity contribution in [3.63, 3.8) is 0 Å². The van der Waals surface area contributed by atoms with Crippen molar-refractivity contribution < 1.29 is 19.4 Å². The number of thioether (sulfide) groups is 1. The molecule has 0 aliphatic rings. The molecule has 3 rings (SSSR count). The van der Waals surface area contributed by atoms with E-state index in [-0.39, 0.29) is 12.6 Å². The van der Waals surface area contributed by atoms with E-state index in [1.54, 1.807) is 35.9 Å². The largest absolute Gasteiger partial charge is 0.491 e. The summed E-state index contributed by atoms with van der Waals surface area (Å²) in [6.45, 7) is 6.24. The number of rotatable bonds is 9. The Morgan fingerprint density at radius 1 is 1.20 bits per heavy atom. The van der Waals surface area contributed by atoms with Crippen molar-refractivity contribution in [2.24, 2.45) is 0 Å². The van der Waals surface area contributed by atoms with Crippen LogP contribution in [-0.2, 0) is 4.74 Å². The summed E-state index contributed by atoms with van der Waals surface area (Å²) in [4.78, 5) is 11.7. The van der Waals surface area contributed by atoms with Crippen LogP contribution in [0.25, 0.3) is 5.69 Å². The minimum absolute atomic E-state index is 0.108. The highest BCUT2D eigenvalue weighted by Crippen LogP contribution is 2.22. The molecule has 1 N–H and O–H groups in total. The number of tetrazole rings is 1. The van der Waals surface area contributed by atoms with E-state index in [0.717, 1.165) is 11.3 Å². The number of hydrogen-bond donors (Lipinski definition) is 1. The molecule has 0 spiro atoms. The summed E-state index contributed by atoms with van der Waals surface area (Å²) in [6.07, 6.45) is -0.719. The van der Waals surface area contributed by atoms with Crippen LogP contribution in [0.4, 0.5) is 0 Å². The lowest BCUT2D eigenvalue weighted by Gasteiger charge is -2.13. The molecule has 0 bridgehead atoms. The molecule has 1 aromatic heterocycles. The molecule has 0 radical (unpaired) electrons. The Morgan fingerprint density at radius 2 is 1.97 bits per heavy atom. The Morgan fingerprint density at radius 3 is 2.67 bits per heavy atom. The number of ether oxygens (including phenoxy) is 2. The van der Waals surface area contributed by atoms with Crippen LogP contribution < -0.4 is 4.74 Å². The van der Waals surface area contributed by atoms with Crippen LogP contribution in [0, 0.1) is 13.8 Å². The van der Waals surface area contributed by atoms with E-state index in [1.165, 1.54) is 17.3 Å². The minimum atomic E-state index is -0.719. The fourth-order valence-electron chi connectivity index (χ4n) is 2.78. The highest BCUT2D eigenvalue weighted by atomic mass is 32.2. The van der Waals surface area contributed by atoms with Crippen LogP contribution in [-0.4, -0.2) is 56.4 Å². The second-order valence-corrected chi connectivity index (χ2v) is 7.67. The average molecular weight is 429 g/mol. The number of aryl methyl sites for hydroxylation is 2. The highest BCUT2D eigenvalue weighted by Gasteiger charge is 2.14. The van der Waals surface area contributed by atoms with Gasteiger partial charge in [-0.15, -0.1) is 5.10 Å². The van der Waals surface area contributed by atoms with Crippen molar-refractivity contribution in [2.75, 3.05) is 19.0 Å². The molecule has 0 aliphatic heterocycles. The first kappa shape index (κ1) is 21.8. The van der Waals surface area contributed by atoms with Crippen LogP contribution in [0.5, 0.6) is 5.75 Å². The normalized spacial score (nSPS) is 11.9. The van der Waals surface area contributed by atoms with Gasteiger partial charge in [0.2, 0.25) is 5.16 Å². The minimum Gasteiger partial charge on any atom is -0.491 e. The molecule has 0 fully saturated rings. The number of esters is 1. The molecule has 0 saturated heterocycles. The summed E-state index contributed by atoms with van der Waals surface area (Å²) in [7, 11) is 0. The van der Waals surface area contributed by atoms with Gasteiger partial charge in [0.25, 0.3) is 0 Å². The third kappa shape index (κ3) is 5.58. The van der Waals surface area contributed by atoms with Gasteiger partial charge in [0, 0.05) is 5.75 Å². The van der Waals surface area contributed by atoms with E-state index in [9.17, 15) is 9.90 Å². The van der Waals surface area contributed by atoms with Gasteiger partial charge in [-0.1, -0.05) is 29.5 Å². The molecule has 0 amide bonds. The summed E-state index contributed by atoms with van der Waals surface area (Å²) < 4.78 is 12.2. The van der Waals surface area contributed by atoms with E-state index >= 15 is 0 Å². The molecule has 30 heavy (non-hydrogen) atoms. The van der Waals surface area contributed by atoms with Crippen molar-refractivity contribution in [2.45, 2.75) is 32.0 Å². The summed E-state index contributed by atoms with van der Waals surface area (Å²) in [5, 5.41) is 22.8. The maximum absolute atomic E-state index is 11.7. The molecule has 9 heteroatoms. The third-order valence-corrected chi connectivity index (χ3v) is 5.30.